The maximum atomic E-state index is 12.7. The minimum Gasteiger partial charge on any atom is -0.490 e. The summed E-state index contributed by atoms with van der Waals surface area (Å²) in [5.41, 5.74) is 5.41. The SMILES string of the molecule is CON=C(C(=O)N[C@@H]1C(=O)N2C(C(=O)O)=C(C3CCCO3)OC[C@H]12)c1csc(N)n1. The molecule has 160 valence electrons. The first-order valence-corrected chi connectivity index (χ1v) is 9.98. The zero-order valence-corrected chi connectivity index (χ0v) is 16.7. The molecule has 1 unspecified atom stereocenters. The van der Waals surface area contributed by atoms with E-state index in [9.17, 15) is 19.5 Å². The van der Waals surface area contributed by atoms with Crippen molar-refractivity contribution >= 4 is 40.0 Å². The molecule has 1 aromatic rings. The smallest absolute Gasteiger partial charge is 0.356 e. The summed E-state index contributed by atoms with van der Waals surface area (Å²) in [6.07, 6.45) is 0.907. The van der Waals surface area contributed by atoms with Crippen molar-refractivity contribution in [1.29, 1.82) is 0 Å². The molecule has 2 amide bonds. The third-order valence-electron chi connectivity index (χ3n) is 4.98. The van der Waals surface area contributed by atoms with Crippen molar-refractivity contribution in [2.24, 2.45) is 5.16 Å². The first kappa shape index (κ1) is 20.1. The predicted octanol–water partition coefficient (Wildman–Crippen LogP) is -0.723. The van der Waals surface area contributed by atoms with Crippen molar-refractivity contribution < 1.29 is 33.8 Å². The largest absolute Gasteiger partial charge is 0.490 e. The highest BCUT2D eigenvalue weighted by Gasteiger charge is 2.56. The number of carbonyl (C=O) groups excluding carboxylic acids is 2. The topological polar surface area (TPSA) is 166 Å². The number of anilines is 1. The number of carboxylic acids is 1. The number of aromatic nitrogens is 1. The van der Waals surface area contributed by atoms with E-state index in [4.69, 9.17) is 20.0 Å². The van der Waals surface area contributed by atoms with Crippen molar-refractivity contribution in [2.75, 3.05) is 26.1 Å². The van der Waals surface area contributed by atoms with E-state index in [-0.39, 0.29) is 34.6 Å². The highest BCUT2D eigenvalue weighted by molar-refractivity contribution is 7.13. The molecule has 3 aliphatic heterocycles. The van der Waals surface area contributed by atoms with Gasteiger partial charge >= 0.3 is 5.97 Å². The van der Waals surface area contributed by atoms with E-state index in [2.05, 4.69) is 15.5 Å². The molecule has 4 rings (SSSR count). The number of rotatable bonds is 6. The van der Waals surface area contributed by atoms with Crippen molar-refractivity contribution in [2.45, 2.75) is 31.0 Å². The Morgan fingerprint density at radius 3 is 2.90 bits per heavy atom. The molecule has 30 heavy (non-hydrogen) atoms. The summed E-state index contributed by atoms with van der Waals surface area (Å²) < 4.78 is 11.2. The highest BCUT2D eigenvalue weighted by atomic mass is 32.1. The molecule has 0 saturated carbocycles. The van der Waals surface area contributed by atoms with Crippen LogP contribution in [0.15, 0.2) is 22.0 Å². The van der Waals surface area contributed by atoms with Crippen LogP contribution in [0, 0.1) is 0 Å². The molecule has 0 aromatic carbocycles. The Morgan fingerprint density at radius 1 is 1.50 bits per heavy atom. The van der Waals surface area contributed by atoms with Gasteiger partial charge in [0, 0.05) is 12.0 Å². The average molecular weight is 437 g/mol. The number of fused-ring (bicyclic) bond motifs is 1. The number of hydrogen-bond acceptors (Lipinski definition) is 10. The number of nitrogen functional groups attached to an aromatic ring is 1. The van der Waals surface area contributed by atoms with Crippen LogP contribution in [-0.4, -0.2) is 77.0 Å². The summed E-state index contributed by atoms with van der Waals surface area (Å²) in [5, 5.41) is 17.7. The second kappa shape index (κ2) is 7.91. The molecule has 2 fully saturated rings. The number of hydrogen-bond donors (Lipinski definition) is 3. The third-order valence-corrected chi connectivity index (χ3v) is 5.65. The van der Waals surface area contributed by atoms with Gasteiger partial charge in [0.25, 0.3) is 11.8 Å². The molecule has 3 aliphatic rings. The minimum atomic E-state index is -1.29. The van der Waals surface area contributed by atoms with Gasteiger partial charge in [-0.3, -0.25) is 14.5 Å². The van der Waals surface area contributed by atoms with Gasteiger partial charge in [0.15, 0.2) is 22.3 Å². The van der Waals surface area contributed by atoms with Crippen molar-refractivity contribution in [3.05, 3.63) is 22.5 Å². The van der Waals surface area contributed by atoms with Crippen LogP contribution in [0.2, 0.25) is 0 Å². The van der Waals surface area contributed by atoms with E-state index in [1.807, 2.05) is 0 Å². The number of nitrogens with zero attached hydrogens (tertiary/aromatic N) is 3. The highest BCUT2D eigenvalue weighted by Crippen LogP contribution is 2.36. The van der Waals surface area contributed by atoms with E-state index >= 15 is 0 Å². The van der Waals surface area contributed by atoms with Gasteiger partial charge in [-0.25, -0.2) is 9.78 Å². The number of oxime groups is 1. The summed E-state index contributed by atoms with van der Waals surface area (Å²) in [7, 11) is 1.27. The first-order valence-electron chi connectivity index (χ1n) is 9.10. The quantitative estimate of drug-likeness (QED) is 0.296. The van der Waals surface area contributed by atoms with E-state index in [0.29, 0.717) is 13.0 Å². The molecule has 0 bridgehead atoms. The Labute approximate surface area is 174 Å². The lowest BCUT2D eigenvalue weighted by molar-refractivity contribution is -0.161. The second-order valence-corrected chi connectivity index (χ2v) is 7.64. The van der Waals surface area contributed by atoms with Crippen molar-refractivity contribution in [1.82, 2.24) is 15.2 Å². The van der Waals surface area contributed by atoms with Crippen LogP contribution < -0.4 is 11.1 Å². The molecule has 4 heterocycles. The van der Waals surface area contributed by atoms with Crippen LogP contribution >= 0.6 is 11.3 Å². The third kappa shape index (κ3) is 3.35. The summed E-state index contributed by atoms with van der Waals surface area (Å²) in [6.45, 7) is 0.534. The molecule has 0 aliphatic carbocycles. The lowest BCUT2D eigenvalue weighted by Gasteiger charge is -2.49. The monoisotopic (exact) mass is 437 g/mol. The van der Waals surface area contributed by atoms with E-state index in [1.165, 1.54) is 12.5 Å². The summed E-state index contributed by atoms with van der Waals surface area (Å²) >= 11 is 1.12. The van der Waals surface area contributed by atoms with E-state index in [0.717, 1.165) is 22.7 Å². The number of ether oxygens (including phenoxy) is 2. The number of carboxylic acid groups (broad SMARTS) is 1. The number of β-lactam (4-membered cyclic amide) rings is 1. The average Bonchev–Trinajstić information content (AvgIpc) is 3.40. The van der Waals surface area contributed by atoms with Crippen LogP contribution in [-0.2, 0) is 28.7 Å². The van der Waals surface area contributed by atoms with Gasteiger partial charge in [-0.15, -0.1) is 11.3 Å². The Bertz CT molecular complexity index is 952. The van der Waals surface area contributed by atoms with Crippen LogP contribution in [0.5, 0.6) is 0 Å². The fourth-order valence-corrected chi connectivity index (χ4v) is 4.20. The maximum absolute atomic E-state index is 12.7. The molecule has 2 saturated heterocycles. The zero-order chi connectivity index (χ0) is 21.4. The number of thiazole rings is 1. The van der Waals surface area contributed by atoms with Crippen molar-refractivity contribution in [3.63, 3.8) is 0 Å². The van der Waals surface area contributed by atoms with Gasteiger partial charge in [-0.1, -0.05) is 5.16 Å². The first-order chi connectivity index (χ1) is 14.4. The number of carbonyl (C=O) groups is 3. The minimum absolute atomic E-state index is 0.0308. The van der Waals surface area contributed by atoms with Gasteiger partial charge in [0.1, 0.15) is 37.6 Å². The molecule has 4 N–H and O–H groups in total. The zero-order valence-electron chi connectivity index (χ0n) is 15.9. The molecule has 12 nitrogen and oxygen atoms in total. The summed E-state index contributed by atoms with van der Waals surface area (Å²) in [6, 6.07) is -1.64. The van der Waals surface area contributed by atoms with Crippen LogP contribution in [0.3, 0.4) is 0 Å². The Hall–Kier alpha value is -3.19. The molecule has 0 radical (unpaired) electrons. The molecule has 3 atom stereocenters. The molecule has 0 spiro atoms. The van der Waals surface area contributed by atoms with Gasteiger partial charge in [0.05, 0.1) is 0 Å². The van der Waals surface area contributed by atoms with Crippen LogP contribution in [0.4, 0.5) is 5.13 Å². The molecule has 13 heteroatoms. The standard InChI is InChI=1S/C17H19N5O7S/c1-27-21-10(7-6-30-17(18)19-7)14(23)20-11-8-5-29-13(9-3-2-4-28-9)12(16(25)26)22(8)15(11)24/h6,8-9,11H,2-5H2,1H3,(H2,18,19)(H,20,23)(H,25,26)/t8-,9?,11+/m1/s1. The normalized spacial score (nSPS) is 26.0. The number of nitrogens with one attached hydrogen (secondary N) is 1. The fraction of sp³-hybridized carbons (Fsp3) is 0.471. The van der Waals surface area contributed by atoms with Crippen molar-refractivity contribution in [3.8, 4) is 0 Å². The van der Waals surface area contributed by atoms with Gasteiger partial charge in [-0.2, -0.15) is 0 Å². The molecular formula is C17H19N5O7S. The number of nitrogens with two attached hydrogens (primary N) is 1. The maximum Gasteiger partial charge on any atom is 0.356 e. The fourth-order valence-electron chi connectivity index (χ4n) is 3.65. The Balaban J connectivity index is 1.53. The van der Waals surface area contributed by atoms with Crippen LogP contribution in [0.1, 0.15) is 18.5 Å². The van der Waals surface area contributed by atoms with Gasteiger partial charge in [-0.05, 0) is 12.8 Å². The summed E-state index contributed by atoms with van der Waals surface area (Å²) in [5.74, 6) is -2.40. The van der Waals surface area contributed by atoms with Gasteiger partial charge < -0.3 is 30.5 Å². The van der Waals surface area contributed by atoms with E-state index in [1.54, 1.807) is 0 Å². The summed E-state index contributed by atoms with van der Waals surface area (Å²) in [4.78, 5) is 47.1. The van der Waals surface area contributed by atoms with Crippen LogP contribution in [0.25, 0.3) is 0 Å². The second-order valence-electron chi connectivity index (χ2n) is 6.75. The van der Waals surface area contributed by atoms with E-state index < -0.39 is 36.0 Å². The number of amides is 2. The van der Waals surface area contributed by atoms with Gasteiger partial charge in [0.2, 0.25) is 0 Å². The lowest BCUT2D eigenvalue weighted by atomic mass is 9.91. The molecule has 1 aromatic heterocycles. The lowest BCUT2D eigenvalue weighted by Crippen LogP contribution is -2.74. The Kier molecular flexibility index (Phi) is 5.30. The molecular weight excluding hydrogens is 418 g/mol. The predicted molar refractivity (Wildman–Crippen MR) is 102 cm³/mol. The Morgan fingerprint density at radius 2 is 2.30 bits per heavy atom. The number of aliphatic carboxylic acids is 1.